The molecule has 1 amide bonds. The molecule has 0 radical (unpaired) electrons. The number of pyridine rings is 3. The average Bonchev–Trinajstić information content (AvgIpc) is 3.14. The van der Waals surface area contributed by atoms with Gasteiger partial charge in [-0.15, -0.1) is 11.3 Å². The molecule has 0 aromatic carbocycles. The summed E-state index contributed by atoms with van der Waals surface area (Å²) in [7, 11) is 0. The molecule has 0 saturated heterocycles. The van der Waals surface area contributed by atoms with Crippen LogP contribution in [0.1, 0.15) is 32.7 Å². The highest BCUT2D eigenvalue weighted by Gasteiger charge is 2.14. The quantitative estimate of drug-likeness (QED) is 0.503. The summed E-state index contributed by atoms with van der Waals surface area (Å²) in [5.74, 6) is -0.190. The largest absolute Gasteiger partial charge is 0.373 e. The van der Waals surface area contributed by atoms with Crippen molar-refractivity contribution in [2.75, 3.05) is 5.32 Å². The van der Waals surface area contributed by atoms with E-state index >= 15 is 0 Å². The van der Waals surface area contributed by atoms with Crippen LogP contribution in [0.15, 0.2) is 55.2 Å². The Morgan fingerprint density at radius 1 is 0.966 bits per heavy atom. The Labute approximate surface area is 173 Å². The molecule has 0 spiro atoms. The molecule has 0 fully saturated rings. The van der Waals surface area contributed by atoms with Crippen LogP contribution in [-0.4, -0.2) is 20.9 Å². The summed E-state index contributed by atoms with van der Waals surface area (Å²) in [6.45, 7) is 5.10. The SMILES string of the molecule is Cc1cncc(CNC(=O)c2nccc3sc(NCc4cncc(C)c4)cc23)c1. The van der Waals surface area contributed by atoms with E-state index in [2.05, 4.69) is 31.7 Å². The molecule has 0 aliphatic carbocycles. The number of fused-ring (bicyclic) bond motifs is 1. The van der Waals surface area contributed by atoms with Crippen LogP contribution < -0.4 is 10.6 Å². The fourth-order valence-electron chi connectivity index (χ4n) is 3.11. The number of aromatic nitrogens is 3. The van der Waals surface area contributed by atoms with Crippen LogP contribution in [0.25, 0.3) is 10.1 Å². The van der Waals surface area contributed by atoms with Gasteiger partial charge < -0.3 is 10.6 Å². The molecule has 6 nitrogen and oxygen atoms in total. The maximum absolute atomic E-state index is 12.7. The summed E-state index contributed by atoms with van der Waals surface area (Å²) in [5, 5.41) is 8.20. The second-order valence-electron chi connectivity index (χ2n) is 6.96. The van der Waals surface area contributed by atoms with E-state index in [1.54, 1.807) is 29.9 Å². The molecule has 7 heteroatoms. The monoisotopic (exact) mass is 403 g/mol. The number of nitrogens with one attached hydrogen (secondary N) is 2. The number of carbonyl (C=O) groups excluding carboxylic acids is 1. The predicted molar refractivity (Wildman–Crippen MR) is 116 cm³/mol. The van der Waals surface area contributed by atoms with Crippen LogP contribution in [0.5, 0.6) is 0 Å². The standard InChI is InChI=1S/C22H21N5OS/c1-14-5-16(10-23-8-14)12-26-20-7-18-19(29-20)3-4-25-21(18)22(28)27-13-17-6-15(2)9-24-11-17/h3-11,26H,12-13H2,1-2H3,(H,27,28). The van der Waals surface area contributed by atoms with E-state index in [0.29, 0.717) is 18.8 Å². The third kappa shape index (κ3) is 4.57. The zero-order chi connectivity index (χ0) is 20.2. The van der Waals surface area contributed by atoms with Gasteiger partial charge in [0.15, 0.2) is 0 Å². The molecule has 4 aromatic rings. The average molecular weight is 404 g/mol. The fraction of sp³-hybridized carbons (Fsp3) is 0.182. The predicted octanol–water partition coefficient (Wildman–Crippen LogP) is 4.25. The van der Waals surface area contributed by atoms with Gasteiger partial charge in [-0.25, -0.2) is 0 Å². The normalized spacial score (nSPS) is 10.8. The Morgan fingerprint density at radius 2 is 1.66 bits per heavy atom. The molecule has 4 heterocycles. The Bertz CT molecular complexity index is 1170. The Balaban J connectivity index is 1.49. The summed E-state index contributed by atoms with van der Waals surface area (Å²) in [5.41, 5.74) is 4.71. The van der Waals surface area contributed by atoms with Gasteiger partial charge in [0.2, 0.25) is 0 Å². The number of hydrogen-bond acceptors (Lipinski definition) is 6. The first kappa shape index (κ1) is 19.0. The number of nitrogens with zero attached hydrogens (tertiary/aromatic N) is 3. The summed E-state index contributed by atoms with van der Waals surface area (Å²) in [4.78, 5) is 25.4. The second-order valence-corrected chi connectivity index (χ2v) is 8.04. The summed E-state index contributed by atoms with van der Waals surface area (Å²) in [6.07, 6.45) is 8.92. The summed E-state index contributed by atoms with van der Waals surface area (Å²) in [6, 6.07) is 8.03. The van der Waals surface area contributed by atoms with Crippen molar-refractivity contribution in [1.82, 2.24) is 20.3 Å². The number of anilines is 1. The van der Waals surface area contributed by atoms with Gasteiger partial charge in [-0.3, -0.25) is 19.7 Å². The van der Waals surface area contributed by atoms with E-state index < -0.39 is 0 Å². The van der Waals surface area contributed by atoms with Crippen molar-refractivity contribution in [2.45, 2.75) is 26.9 Å². The topological polar surface area (TPSA) is 79.8 Å². The highest BCUT2D eigenvalue weighted by atomic mass is 32.1. The minimum absolute atomic E-state index is 0.190. The highest BCUT2D eigenvalue weighted by Crippen LogP contribution is 2.31. The minimum Gasteiger partial charge on any atom is -0.373 e. The van der Waals surface area contributed by atoms with Gasteiger partial charge in [-0.05, 0) is 48.2 Å². The van der Waals surface area contributed by atoms with E-state index in [0.717, 1.165) is 37.3 Å². The lowest BCUT2D eigenvalue weighted by Crippen LogP contribution is -2.24. The zero-order valence-electron chi connectivity index (χ0n) is 16.3. The molecular formula is C22H21N5OS. The first-order valence-corrected chi connectivity index (χ1v) is 10.1. The molecule has 146 valence electrons. The Morgan fingerprint density at radius 3 is 2.34 bits per heavy atom. The van der Waals surface area contributed by atoms with Crippen LogP contribution in [0.4, 0.5) is 5.00 Å². The number of amides is 1. The van der Waals surface area contributed by atoms with E-state index in [9.17, 15) is 4.79 Å². The zero-order valence-corrected chi connectivity index (χ0v) is 17.1. The van der Waals surface area contributed by atoms with Crippen molar-refractivity contribution >= 4 is 32.3 Å². The summed E-state index contributed by atoms with van der Waals surface area (Å²) >= 11 is 1.61. The van der Waals surface area contributed by atoms with E-state index in [4.69, 9.17) is 0 Å². The van der Waals surface area contributed by atoms with E-state index in [1.807, 2.05) is 44.4 Å². The van der Waals surface area contributed by atoms with Crippen LogP contribution in [-0.2, 0) is 13.1 Å². The van der Waals surface area contributed by atoms with Gasteiger partial charge in [0.1, 0.15) is 5.69 Å². The first-order valence-electron chi connectivity index (χ1n) is 9.30. The van der Waals surface area contributed by atoms with Crippen LogP contribution in [0.3, 0.4) is 0 Å². The third-order valence-corrected chi connectivity index (χ3v) is 5.50. The van der Waals surface area contributed by atoms with Crippen molar-refractivity contribution < 1.29 is 4.79 Å². The Hall–Kier alpha value is -3.32. The van der Waals surface area contributed by atoms with Crippen LogP contribution in [0, 0.1) is 13.8 Å². The lowest BCUT2D eigenvalue weighted by Gasteiger charge is -2.06. The number of thiophene rings is 1. The van der Waals surface area contributed by atoms with Crippen LogP contribution >= 0.6 is 11.3 Å². The number of rotatable bonds is 6. The molecule has 0 unspecified atom stereocenters. The molecular weight excluding hydrogens is 382 g/mol. The van der Waals surface area contributed by atoms with Gasteiger partial charge in [0.05, 0.1) is 5.00 Å². The van der Waals surface area contributed by atoms with Gasteiger partial charge in [-0.1, -0.05) is 12.1 Å². The molecule has 0 aliphatic heterocycles. The van der Waals surface area contributed by atoms with Crippen molar-refractivity contribution in [3.8, 4) is 0 Å². The molecule has 2 N–H and O–H groups in total. The Kier molecular flexibility index (Phi) is 5.48. The van der Waals surface area contributed by atoms with Gasteiger partial charge in [0, 0.05) is 54.2 Å². The van der Waals surface area contributed by atoms with Gasteiger partial charge >= 0.3 is 0 Å². The smallest absolute Gasteiger partial charge is 0.270 e. The molecule has 4 rings (SSSR count). The molecule has 4 aromatic heterocycles. The highest BCUT2D eigenvalue weighted by molar-refractivity contribution is 7.22. The van der Waals surface area contributed by atoms with Gasteiger partial charge in [0.25, 0.3) is 5.91 Å². The van der Waals surface area contributed by atoms with Crippen molar-refractivity contribution in [3.63, 3.8) is 0 Å². The van der Waals surface area contributed by atoms with Crippen molar-refractivity contribution in [1.29, 1.82) is 0 Å². The number of hydrogen-bond donors (Lipinski definition) is 2. The molecule has 0 aliphatic rings. The number of aryl methyl sites for hydroxylation is 2. The lowest BCUT2D eigenvalue weighted by molar-refractivity contribution is 0.0948. The van der Waals surface area contributed by atoms with Crippen molar-refractivity contribution in [2.24, 2.45) is 0 Å². The second kappa shape index (κ2) is 8.36. The van der Waals surface area contributed by atoms with Crippen molar-refractivity contribution in [3.05, 3.63) is 83.2 Å². The number of carbonyl (C=O) groups is 1. The first-order chi connectivity index (χ1) is 14.1. The molecule has 0 bridgehead atoms. The maximum Gasteiger partial charge on any atom is 0.270 e. The molecule has 29 heavy (non-hydrogen) atoms. The third-order valence-electron chi connectivity index (χ3n) is 4.44. The van der Waals surface area contributed by atoms with Crippen LogP contribution in [0.2, 0.25) is 0 Å². The fourth-order valence-corrected chi connectivity index (χ4v) is 4.07. The lowest BCUT2D eigenvalue weighted by atomic mass is 10.2. The summed E-state index contributed by atoms with van der Waals surface area (Å²) < 4.78 is 1.02. The van der Waals surface area contributed by atoms with E-state index in [-0.39, 0.29) is 5.91 Å². The van der Waals surface area contributed by atoms with E-state index in [1.165, 1.54) is 0 Å². The minimum atomic E-state index is -0.190. The molecule has 0 atom stereocenters. The molecule has 0 saturated carbocycles. The maximum atomic E-state index is 12.7. The van der Waals surface area contributed by atoms with Gasteiger partial charge in [-0.2, -0.15) is 0 Å².